The summed E-state index contributed by atoms with van der Waals surface area (Å²) in [6, 6.07) is 60.2. The van der Waals surface area contributed by atoms with Crippen molar-refractivity contribution < 1.29 is 0 Å². The van der Waals surface area contributed by atoms with E-state index in [2.05, 4.69) is 169 Å². The molecule has 0 saturated carbocycles. The average Bonchev–Trinajstić information content (AvgIpc) is 3.70. The molecule has 0 radical (unpaired) electrons. The lowest BCUT2D eigenvalue weighted by molar-refractivity contribution is 1.31. The molecule has 0 aliphatic carbocycles. The van der Waals surface area contributed by atoms with Crippen molar-refractivity contribution in [2.24, 2.45) is 0 Å². The topological polar surface area (TPSA) is 3.24 Å². The van der Waals surface area contributed by atoms with E-state index in [-0.39, 0.29) is 0 Å². The van der Waals surface area contributed by atoms with Crippen LogP contribution in [0.2, 0.25) is 0 Å². The molecule has 0 aliphatic heterocycles. The molecule has 0 aliphatic rings. The molecule has 0 unspecified atom stereocenters. The van der Waals surface area contributed by atoms with Crippen LogP contribution >= 0.6 is 22.7 Å². The highest BCUT2D eigenvalue weighted by molar-refractivity contribution is 7.26. The lowest BCUT2D eigenvalue weighted by atomic mass is 9.97. The normalized spacial score (nSPS) is 11.8. The molecular weight excluding hydrogens is 607 g/mol. The number of hydrogen-bond donors (Lipinski definition) is 0. The van der Waals surface area contributed by atoms with Crippen LogP contribution in [0.1, 0.15) is 0 Å². The maximum Gasteiger partial charge on any atom is 0.0540 e. The first kappa shape index (κ1) is 26.7. The predicted molar refractivity (Wildman–Crippen MR) is 207 cm³/mol. The third-order valence-electron chi connectivity index (χ3n) is 9.46. The van der Waals surface area contributed by atoms with Crippen LogP contribution in [0, 0.1) is 0 Å². The van der Waals surface area contributed by atoms with Gasteiger partial charge in [-0.05, 0) is 81.9 Å². The first-order valence-corrected chi connectivity index (χ1v) is 17.6. The van der Waals surface area contributed by atoms with Gasteiger partial charge in [-0.2, -0.15) is 0 Å². The molecule has 10 aromatic rings. The van der Waals surface area contributed by atoms with Gasteiger partial charge in [0, 0.05) is 57.1 Å². The minimum Gasteiger partial charge on any atom is -0.310 e. The van der Waals surface area contributed by atoms with Gasteiger partial charge in [-0.3, -0.25) is 0 Å². The van der Waals surface area contributed by atoms with Gasteiger partial charge < -0.3 is 4.90 Å². The number of anilines is 3. The van der Waals surface area contributed by atoms with Crippen molar-refractivity contribution in [3.05, 3.63) is 164 Å². The highest BCUT2D eigenvalue weighted by atomic mass is 32.1. The molecule has 0 bridgehead atoms. The van der Waals surface area contributed by atoms with Gasteiger partial charge in [0.1, 0.15) is 0 Å². The Morgan fingerprint density at radius 2 is 0.979 bits per heavy atom. The maximum atomic E-state index is 2.45. The van der Waals surface area contributed by atoms with Crippen LogP contribution in [0.25, 0.3) is 73.0 Å². The van der Waals surface area contributed by atoms with Crippen molar-refractivity contribution in [2.45, 2.75) is 0 Å². The fourth-order valence-corrected chi connectivity index (χ4v) is 9.52. The van der Waals surface area contributed by atoms with Crippen LogP contribution in [0.4, 0.5) is 17.1 Å². The Kier molecular flexibility index (Phi) is 5.98. The zero-order valence-corrected chi connectivity index (χ0v) is 27.0. The smallest absolute Gasteiger partial charge is 0.0540 e. The van der Waals surface area contributed by atoms with E-state index in [1.165, 1.54) is 78.7 Å². The molecule has 3 heteroatoms. The zero-order chi connectivity index (χ0) is 30.9. The Hall–Kier alpha value is -5.48. The molecule has 220 valence electrons. The van der Waals surface area contributed by atoms with Crippen LogP contribution in [-0.4, -0.2) is 0 Å². The second-order valence-corrected chi connectivity index (χ2v) is 14.3. The second-order valence-electron chi connectivity index (χ2n) is 12.1. The Bertz CT molecular complexity index is 2800. The van der Waals surface area contributed by atoms with Crippen LogP contribution in [0.3, 0.4) is 0 Å². The van der Waals surface area contributed by atoms with Gasteiger partial charge in [0.25, 0.3) is 0 Å². The number of thiophene rings is 2. The summed E-state index contributed by atoms with van der Waals surface area (Å²) in [5.41, 5.74) is 5.94. The van der Waals surface area contributed by atoms with Gasteiger partial charge in [0.2, 0.25) is 0 Å². The highest BCUT2D eigenvalue weighted by Gasteiger charge is 2.19. The molecule has 0 N–H and O–H groups in total. The van der Waals surface area contributed by atoms with Crippen molar-refractivity contribution in [1.82, 2.24) is 0 Å². The van der Waals surface area contributed by atoms with Gasteiger partial charge in [-0.15, -0.1) is 22.7 Å². The van der Waals surface area contributed by atoms with Gasteiger partial charge in [-0.25, -0.2) is 0 Å². The zero-order valence-electron chi connectivity index (χ0n) is 25.4. The molecule has 0 amide bonds. The van der Waals surface area contributed by atoms with Crippen molar-refractivity contribution in [3.63, 3.8) is 0 Å². The third-order valence-corrected chi connectivity index (χ3v) is 11.7. The van der Waals surface area contributed by atoms with Crippen molar-refractivity contribution in [3.8, 4) is 11.1 Å². The number of nitrogens with zero attached hydrogens (tertiary/aromatic N) is 1. The molecule has 2 heterocycles. The number of hydrogen-bond acceptors (Lipinski definition) is 3. The summed E-state index contributed by atoms with van der Waals surface area (Å²) in [4.78, 5) is 2.45. The maximum absolute atomic E-state index is 2.45. The largest absolute Gasteiger partial charge is 0.310 e. The minimum atomic E-state index is 1.13. The van der Waals surface area contributed by atoms with E-state index in [1.54, 1.807) is 0 Å². The summed E-state index contributed by atoms with van der Waals surface area (Å²) in [5.74, 6) is 0. The van der Waals surface area contributed by atoms with Crippen LogP contribution in [0.5, 0.6) is 0 Å². The van der Waals surface area contributed by atoms with E-state index in [1.807, 2.05) is 22.7 Å². The highest BCUT2D eigenvalue weighted by Crippen LogP contribution is 2.46. The van der Waals surface area contributed by atoms with E-state index in [0.717, 1.165) is 11.4 Å². The molecule has 10 rings (SSSR count). The van der Waals surface area contributed by atoms with Crippen LogP contribution < -0.4 is 4.90 Å². The number of benzene rings is 8. The molecule has 0 fully saturated rings. The number of rotatable bonds is 4. The van der Waals surface area contributed by atoms with Crippen molar-refractivity contribution in [1.29, 1.82) is 0 Å². The summed E-state index contributed by atoms with van der Waals surface area (Å²) < 4.78 is 5.29. The van der Waals surface area contributed by atoms with Crippen LogP contribution in [-0.2, 0) is 0 Å². The fraction of sp³-hybridized carbons (Fsp3) is 0. The Balaban J connectivity index is 1.21. The third kappa shape index (κ3) is 4.21. The lowest BCUT2D eigenvalue weighted by Crippen LogP contribution is -2.10. The van der Waals surface area contributed by atoms with E-state index >= 15 is 0 Å². The van der Waals surface area contributed by atoms with Crippen molar-refractivity contribution in [2.75, 3.05) is 4.90 Å². The Morgan fingerprint density at radius 1 is 0.362 bits per heavy atom. The molecule has 47 heavy (non-hydrogen) atoms. The van der Waals surface area contributed by atoms with Gasteiger partial charge in [0.15, 0.2) is 0 Å². The summed E-state index contributed by atoms with van der Waals surface area (Å²) in [6.45, 7) is 0. The SMILES string of the molecule is c1ccc2c(-c3ccc(N(c4ccc5sc6ccccc6c5c4)c4cccc5c4ccc4sc6ccccc6c45)cc3)cccc2c1. The molecular formula is C44H27NS2. The summed E-state index contributed by atoms with van der Waals surface area (Å²) >= 11 is 3.74. The Morgan fingerprint density at radius 3 is 1.85 bits per heavy atom. The van der Waals surface area contributed by atoms with Gasteiger partial charge >= 0.3 is 0 Å². The minimum absolute atomic E-state index is 1.13. The monoisotopic (exact) mass is 633 g/mol. The standard InChI is InChI=1S/C44H27NS2/c1-2-11-32-28(9-1)10-7-14-33(32)29-19-21-30(22-20-29)45(31-23-25-42-38(27-31)35-12-3-5-17-40(35)46-42)39-16-8-15-36-34(39)24-26-43-44(36)37-13-4-6-18-41(37)47-43/h1-27H. The average molecular weight is 634 g/mol. The molecule has 8 aromatic carbocycles. The predicted octanol–water partition coefficient (Wildman–Crippen LogP) is 13.9. The molecule has 2 aromatic heterocycles. The first-order chi connectivity index (χ1) is 23.3. The number of fused-ring (bicyclic) bond motifs is 9. The van der Waals surface area contributed by atoms with Crippen LogP contribution in [0.15, 0.2) is 164 Å². The van der Waals surface area contributed by atoms with E-state index in [9.17, 15) is 0 Å². The molecule has 0 atom stereocenters. The summed E-state index contributed by atoms with van der Waals surface area (Å²) in [5, 5.41) is 10.3. The van der Waals surface area contributed by atoms with Gasteiger partial charge in [-0.1, -0.05) is 109 Å². The lowest BCUT2D eigenvalue weighted by Gasteiger charge is -2.27. The quantitative estimate of drug-likeness (QED) is 0.186. The Labute approximate surface area is 280 Å². The first-order valence-electron chi connectivity index (χ1n) is 15.9. The van der Waals surface area contributed by atoms with E-state index in [0.29, 0.717) is 0 Å². The van der Waals surface area contributed by atoms with E-state index in [4.69, 9.17) is 0 Å². The summed E-state index contributed by atoms with van der Waals surface area (Å²) in [6.07, 6.45) is 0. The van der Waals surface area contributed by atoms with E-state index < -0.39 is 0 Å². The molecule has 0 saturated heterocycles. The van der Waals surface area contributed by atoms with Crippen molar-refractivity contribution >= 4 is 102 Å². The summed E-state index contributed by atoms with van der Waals surface area (Å²) in [7, 11) is 0. The molecule has 0 spiro atoms. The van der Waals surface area contributed by atoms with Gasteiger partial charge in [0.05, 0.1) is 5.69 Å². The fourth-order valence-electron chi connectivity index (χ4n) is 7.31. The second kappa shape index (κ2) is 10.5. The molecule has 1 nitrogen and oxygen atoms in total.